The number of nitrogens with zero attached hydrogens (tertiary/aromatic N) is 1. The quantitative estimate of drug-likeness (QED) is 0.0757. The maximum absolute atomic E-state index is 5.60. The van der Waals surface area contributed by atoms with Crippen LogP contribution < -0.4 is 5.32 Å². The summed E-state index contributed by atoms with van der Waals surface area (Å²) >= 11 is 0. The molecule has 0 fully saturated rings. The van der Waals surface area contributed by atoms with Crippen LogP contribution in [0, 0.1) is 0 Å². The Morgan fingerprint density at radius 2 is 0.506 bits per heavy atom. The van der Waals surface area contributed by atoms with Crippen molar-refractivity contribution in [3.8, 4) is 44.5 Å². The van der Waals surface area contributed by atoms with E-state index in [1.54, 1.807) is 0 Å². The van der Waals surface area contributed by atoms with Gasteiger partial charge in [0.2, 0.25) is 0 Å². The molecule has 0 bridgehead atoms. The summed E-state index contributed by atoms with van der Waals surface area (Å²) in [5.74, 6) is 4.60. The Labute approximate surface area is 483 Å². The van der Waals surface area contributed by atoms with Gasteiger partial charge in [-0.2, -0.15) is 0 Å². The van der Waals surface area contributed by atoms with Crippen molar-refractivity contribution in [2.24, 2.45) is 4.99 Å². The van der Waals surface area contributed by atoms with Crippen molar-refractivity contribution in [2.45, 2.75) is 251 Å². The minimum absolute atomic E-state index is 0.351. The highest BCUT2D eigenvalue weighted by atomic mass is 14.9. The van der Waals surface area contributed by atoms with Crippen LogP contribution in [-0.2, 0) is 0 Å². The molecule has 0 atom stereocenters. The molecule has 6 aromatic carbocycles. The van der Waals surface area contributed by atoms with Crippen LogP contribution >= 0.6 is 0 Å². The van der Waals surface area contributed by atoms with Crippen LogP contribution in [-0.4, -0.2) is 5.71 Å². The summed E-state index contributed by atoms with van der Waals surface area (Å²) in [6.07, 6.45) is 2.25. The van der Waals surface area contributed by atoms with Crippen molar-refractivity contribution >= 4 is 17.1 Å². The largest absolute Gasteiger partial charge is 0.359 e. The molecule has 0 spiro atoms. The molecule has 2 nitrogen and oxygen atoms in total. The Bertz CT molecular complexity index is 2860. The summed E-state index contributed by atoms with van der Waals surface area (Å²) in [6.45, 7) is 60.9. The lowest BCUT2D eigenvalue weighted by Gasteiger charge is -2.26. The number of hydrogen-bond donors (Lipinski definition) is 1. The van der Waals surface area contributed by atoms with Gasteiger partial charge < -0.3 is 5.32 Å². The van der Waals surface area contributed by atoms with E-state index in [0.29, 0.717) is 71.0 Å². The van der Waals surface area contributed by atoms with E-state index in [2.05, 4.69) is 276 Å². The average molecular weight is 1060 g/mol. The van der Waals surface area contributed by atoms with Gasteiger partial charge >= 0.3 is 0 Å². The van der Waals surface area contributed by atoms with Crippen molar-refractivity contribution in [1.82, 2.24) is 0 Å². The molecule has 424 valence electrons. The van der Waals surface area contributed by atoms with Gasteiger partial charge in [-0.05, 0) is 239 Å². The summed E-state index contributed by atoms with van der Waals surface area (Å²) in [4.78, 5) is 5.60. The van der Waals surface area contributed by atoms with Crippen LogP contribution in [0.15, 0.2) is 102 Å². The van der Waals surface area contributed by atoms with Gasteiger partial charge in [0.1, 0.15) is 0 Å². The first-order valence-electron chi connectivity index (χ1n) is 30.9. The standard InChI is InChI=1S/C77H106N2/c1-42(2)56-34-66(46(9)10)74(67(35-56)47(11)12)60-28-61(75-68(48(13)14)36-57(43(3)4)37-69(75)49(15)16)31-64(30-60)78-54(25)27-55(26)79-65-32-62(76-70(50(17)18)38-58(44(5)6)39-71(76)51(19)20)29-63(33-65)77-72(52(21)22)40-59(45(7)8)41-73(77)53(23)24/h27-53,78H,1-26H3/b54-27-,79-55?. The Balaban J connectivity index is 1.64. The van der Waals surface area contributed by atoms with Gasteiger partial charge in [0, 0.05) is 17.1 Å². The number of rotatable bonds is 20. The second kappa shape index (κ2) is 26.0. The van der Waals surface area contributed by atoms with Gasteiger partial charge in [0.25, 0.3) is 0 Å². The van der Waals surface area contributed by atoms with E-state index < -0.39 is 0 Å². The maximum atomic E-state index is 5.60. The van der Waals surface area contributed by atoms with Gasteiger partial charge in [0.15, 0.2) is 0 Å². The number of benzene rings is 6. The van der Waals surface area contributed by atoms with Crippen LogP contribution in [0.4, 0.5) is 11.4 Å². The predicted molar refractivity (Wildman–Crippen MR) is 354 cm³/mol. The zero-order valence-corrected chi connectivity index (χ0v) is 54.5. The SMILES string of the molecule is CC(/C=C(/C)Nc1cc(-c2c(C(C)C)cc(C(C)C)cc2C(C)C)cc(-c2c(C(C)C)cc(C(C)C)cc2C(C)C)c1)=Nc1cc(-c2c(C(C)C)cc(C(C)C)cc2C(C)C)cc(-c2c(C(C)C)cc(C(C)C)cc2C(C)C)c1. The molecule has 0 radical (unpaired) electrons. The molecular formula is C77H106N2. The average Bonchev–Trinajstić information content (AvgIpc) is 3.36. The zero-order valence-electron chi connectivity index (χ0n) is 54.5. The first-order valence-corrected chi connectivity index (χ1v) is 30.9. The first kappa shape index (κ1) is 62.7. The van der Waals surface area contributed by atoms with Crippen LogP contribution in [0.5, 0.6) is 0 Å². The Hall–Kier alpha value is -5.47. The van der Waals surface area contributed by atoms with Crippen LogP contribution in [0.2, 0.25) is 0 Å². The number of hydrogen-bond acceptors (Lipinski definition) is 2. The Morgan fingerprint density at radius 1 is 0.291 bits per heavy atom. The molecule has 0 aliphatic heterocycles. The minimum atomic E-state index is 0.351. The van der Waals surface area contributed by atoms with Gasteiger partial charge in [-0.25, -0.2) is 0 Å². The lowest BCUT2D eigenvalue weighted by molar-refractivity contribution is 0.806. The molecule has 0 aliphatic carbocycles. The molecule has 0 saturated carbocycles. The highest BCUT2D eigenvalue weighted by molar-refractivity contribution is 5.97. The minimum Gasteiger partial charge on any atom is -0.359 e. The lowest BCUT2D eigenvalue weighted by atomic mass is 9.79. The molecular weight excluding hydrogens is 953 g/mol. The van der Waals surface area contributed by atoms with Crippen LogP contribution in [0.1, 0.15) is 318 Å². The van der Waals surface area contributed by atoms with E-state index in [0.717, 1.165) is 22.8 Å². The van der Waals surface area contributed by atoms with Crippen molar-refractivity contribution in [1.29, 1.82) is 0 Å². The molecule has 79 heavy (non-hydrogen) atoms. The fourth-order valence-electron chi connectivity index (χ4n) is 11.9. The van der Waals surface area contributed by atoms with Gasteiger partial charge in [-0.15, -0.1) is 0 Å². The van der Waals surface area contributed by atoms with Gasteiger partial charge in [0.05, 0.1) is 5.69 Å². The van der Waals surface area contributed by atoms with Crippen LogP contribution in [0.3, 0.4) is 0 Å². The summed E-state index contributed by atoms with van der Waals surface area (Å²) in [6, 6.07) is 34.6. The van der Waals surface area contributed by atoms with E-state index in [1.807, 2.05) is 0 Å². The van der Waals surface area contributed by atoms with Gasteiger partial charge in [-0.1, -0.05) is 215 Å². The molecule has 2 heteroatoms. The third kappa shape index (κ3) is 14.4. The molecule has 1 N–H and O–H groups in total. The third-order valence-electron chi connectivity index (χ3n) is 16.6. The summed E-state index contributed by atoms with van der Waals surface area (Å²) < 4.78 is 0. The normalized spacial score (nSPS) is 12.9. The molecule has 0 amide bonds. The van der Waals surface area contributed by atoms with Crippen molar-refractivity contribution in [2.75, 3.05) is 5.32 Å². The van der Waals surface area contributed by atoms with E-state index >= 15 is 0 Å². The molecule has 6 rings (SSSR count). The van der Waals surface area contributed by atoms with Gasteiger partial charge in [-0.3, -0.25) is 4.99 Å². The van der Waals surface area contributed by atoms with E-state index in [4.69, 9.17) is 4.99 Å². The number of nitrogens with one attached hydrogen (secondary N) is 1. The van der Waals surface area contributed by atoms with Crippen molar-refractivity contribution in [3.05, 3.63) is 163 Å². The number of anilines is 1. The highest BCUT2D eigenvalue weighted by Crippen LogP contribution is 2.48. The fourth-order valence-corrected chi connectivity index (χ4v) is 11.9. The summed E-state index contributed by atoms with van der Waals surface area (Å²) in [5.41, 5.74) is 31.6. The molecule has 0 aromatic heterocycles. The lowest BCUT2D eigenvalue weighted by Crippen LogP contribution is -2.06. The topological polar surface area (TPSA) is 24.4 Å². The molecule has 0 aliphatic rings. The highest BCUT2D eigenvalue weighted by Gasteiger charge is 2.26. The van der Waals surface area contributed by atoms with E-state index in [1.165, 1.54) is 111 Å². The van der Waals surface area contributed by atoms with Crippen molar-refractivity contribution in [3.63, 3.8) is 0 Å². The summed E-state index contributed by atoms with van der Waals surface area (Å²) in [7, 11) is 0. The monoisotopic (exact) mass is 1060 g/mol. The first-order chi connectivity index (χ1) is 36.9. The molecule has 0 heterocycles. The Kier molecular flexibility index (Phi) is 20.6. The predicted octanol–water partition coefficient (Wildman–Crippen LogP) is 24.9. The second-order valence-corrected chi connectivity index (χ2v) is 27.4. The Morgan fingerprint density at radius 3 is 0.709 bits per heavy atom. The van der Waals surface area contributed by atoms with E-state index in [9.17, 15) is 0 Å². The second-order valence-electron chi connectivity index (χ2n) is 27.4. The molecule has 6 aromatic rings. The smallest absolute Gasteiger partial charge is 0.0645 e. The number of aliphatic imine (C=N–C) groups is 1. The summed E-state index contributed by atoms with van der Waals surface area (Å²) in [5, 5.41) is 4.00. The molecule has 0 saturated heterocycles. The number of allylic oxidation sites excluding steroid dienone is 2. The zero-order chi connectivity index (χ0) is 58.8. The van der Waals surface area contributed by atoms with Crippen molar-refractivity contribution < 1.29 is 0 Å². The van der Waals surface area contributed by atoms with E-state index in [-0.39, 0.29) is 0 Å². The third-order valence-corrected chi connectivity index (χ3v) is 16.6. The molecule has 0 unspecified atom stereocenters. The fraction of sp³-hybridized carbons (Fsp3) is 0.494. The van der Waals surface area contributed by atoms with Crippen LogP contribution in [0.25, 0.3) is 44.5 Å². The maximum Gasteiger partial charge on any atom is 0.0645 e.